The van der Waals surface area contributed by atoms with Gasteiger partial charge in [-0.15, -0.1) is 0 Å². The average Bonchev–Trinajstić information content (AvgIpc) is 3.28. The monoisotopic (exact) mass is 407 g/mol. The number of aliphatic hydroxyl groups excluding tert-OH is 1. The lowest BCUT2D eigenvalue weighted by Gasteiger charge is -2.22. The first-order valence-corrected chi connectivity index (χ1v) is 10.3. The molecule has 3 aromatic rings. The molecule has 1 saturated heterocycles. The molecule has 1 unspecified atom stereocenters. The van der Waals surface area contributed by atoms with Crippen molar-refractivity contribution < 1.29 is 13.5 Å². The number of nitrogens with zero attached hydrogens (tertiary/aromatic N) is 3. The maximum Gasteiger partial charge on any atom is 0.243 e. The molecule has 0 spiro atoms. The molecule has 0 saturated carbocycles. The van der Waals surface area contributed by atoms with Gasteiger partial charge in [-0.2, -0.15) is 9.40 Å². The number of H-pyrrole nitrogens is 1. The number of pyridine rings is 1. The Morgan fingerprint density at radius 3 is 2.89 bits per heavy atom. The lowest BCUT2D eigenvalue weighted by atomic mass is 10.1. The van der Waals surface area contributed by atoms with Crippen molar-refractivity contribution in [1.82, 2.24) is 19.5 Å². The molecule has 10 heteroatoms. The third-order valence-corrected chi connectivity index (χ3v) is 7.05. The number of aliphatic hydroxyl groups is 1. The van der Waals surface area contributed by atoms with Crippen molar-refractivity contribution in [1.29, 1.82) is 0 Å². The van der Waals surface area contributed by atoms with E-state index in [0.29, 0.717) is 35.3 Å². The molecule has 4 rings (SSSR count). The summed E-state index contributed by atoms with van der Waals surface area (Å²) in [6.45, 7) is 0.200. The van der Waals surface area contributed by atoms with Gasteiger partial charge in [-0.05, 0) is 43.2 Å². The Hall–Kier alpha value is -2.20. The van der Waals surface area contributed by atoms with Crippen molar-refractivity contribution in [2.24, 2.45) is 0 Å². The van der Waals surface area contributed by atoms with E-state index in [4.69, 9.17) is 17.3 Å². The van der Waals surface area contributed by atoms with Crippen LogP contribution in [0.15, 0.2) is 35.2 Å². The number of benzene rings is 1. The first-order valence-electron chi connectivity index (χ1n) is 8.45. The Balaban J connectivity index is 1.72. The predicted octanol–water partition coefficient (Wildman–Crippen LogP) is 2.01. The minimum Gasteiger partial charge on any atom is -0.395 e. The molecule has 1 fully saturated rings. The number of rotatable bonds is 4. The highest BCUT2D eigenvalue weighted by atomic mass is 35.5. The van der Waals surface area contributed by atoms with Gasteiger partial charge in [0.15, 0.2) is 5.82 Å². The quantitative estimate of drug-likeness (QED) is 0.607. The number of nitrogen functional groups attached to an aromatic ring is 1. The second kappa shape index (κ2) is 6.75. The zero-order valence-electron chi connectivity index (χ0n) is 14.3. The Morgan fingerprint density at radius 1 is 1.33 bits per heavy atom. The number of halogens is 1. The third-order valence-electron chi connectivity index (χ3n) is 4.79. The Bertz CT molecular complexity index is 1110. The van der Waals surface area contributed by atoms with Crippen molar-refractivity contribution >= 4 is 38.5 Å². The van der Waals surface area contributed by atoms with E-state index in [1.54, 1.807) is 18.2 Å². The van der Waals surface area contributed by atoms with Gasteiger partial charge in [-0.1, -0.05) is 11.6 Å². The fourth-order valence-corrected chi connectivity index (χ4v) is 5.43. The van der Waals surface area contributed by atoms with Crippen molar-refractivity contribution in [3.05, 3.63) is 35.4 Å². The van der Waals surface area contributed by atoms with Gasteiger partial charge in [0.2, 0.25) is 10.0 Å². The number of fused-ring (bicyclic) bond motifs is 1. The van der Waals surface area contributed by atoms with E-state index in [-0.39, 0.29) is 28.4 Å². The van der Waals surface area contributed by atoms with Gasteiger partial charge < -0.3 is 10.8 Å². The van der Waals surface area contributed by atoms with E-state index in [0.717, 1.165) is 6.42 Å². The number of aromatic nitrogens is 3. The van der Waals surface area contributed by atoms with Crippen LogP contribution in [0.1, 0.15) is 12.8 Å². The Morgan fingerprint density at radius 2 is 2.15 bits per heavy atom. The summed E-state index contributed by atoms with van der Waals surface area (Å²) in [4.78, 5) is 4.56. The summed E-state index contributed by atoms with van der Waals surface area (Å²) < 4.78 is 27.1. The Labute approximate surface area is 161 Å². The van der Waals surface area contributed by atoms with Crippen LogP contribution in [-0.2, 0) is 10.0 Å². The van der Waals surface area contributed by atoms with Crippen LogP contribution < -0.4 is 5.73 Å². The molecular formula is C17H18ClN5O3S. The van der Waals surface area contributed by atoms with Crippen LogP contribution in [0.4, 0.5) is 5.82 Å². The second-order valence-electron chi connectivity index (χ2n) is 6.44. The first-order chi connectivity index (χ1) is 12.9. The van der Waals surface area contributed by atoms with Gasteiger partial charge >= 0.3 is 0 Å². The van der Waals surface area contributed by atoms with E-state index >= 15 is 0 Å². The van der Waals surface area contributed by atoms with Crippen LogP contribution in [0.5, 0.6) is 0 Å². The lowest BCUT2D eigenvalue weighted by Crippen LogP contribution is -2.37. The smallest absolute Gasteiger partial charge is 0.243 e. The molecule has 142 valence electrons. The number of hydrogen-bond acceptors (Lipinski definition) is 6. The molecule has 0 amide bonds. The molecule has 1 atom stereocenters. The van der Waals surface area contributed by atoms with Gasteiger partial charge in [-0.25, -0.2) is 13.4 Å². The predicted molar refractivity (Wildman–Crippen MR) is 103 cm³/mol. The zero-order chi connectivity index (χ0) is 19.2. The van der Waals surface area contributed by atoms with Crippen molar-refractivity contribution in [2.75, 3.05) is 18.9 Å². The van der Waals surface area contributed by atoms with Crippen LogP contribution in [0, 0.1) is 0 Å². The summed E-state index contributed by atoms with van der Waals surface area (Å²) in [6, 6.07) is 7.72. The topological polar surface area (TPSA) is 125 Å². The minimum absolute atomic E-state index is 0.0977. The molecule has 8 nitrogen and oxygen atoms in total. The highest BCUT2D eigenvalue weighted by molar-refractivity contribution is 7.89. The summed E-state index contributed by atoms with van der Waals surface area (Å²) in [6.07, 6.45) is 1.38. The summed E-state index contributed by atoms with van der Waals surface area (Å²) in [5.41, 5.74) is 8.19. The van der Waals surface area contributed by atoms with E-state index in [1.165, 1.54) is 16.4 Å². The summed E-state index contributed by atoms with van der Waals surface area (Å²) >= 11 is 6.38. The summed E-state index contributed by atoms with van der Waals surface area (Å²) in [5, 5.41) is 16.4. The van der Waals surface area contributed by atoms with Crippen molar-refractivity contribution in [3.63, 3.8) is 0 Å². The van der Waals surface area contributed by atoms with E-state index in [9.17, 15) is 13.5 Å². The van der Waals surface area contributed by atoms with Crippen LogP contribution in [-0.4, -0.2) is 52.2 Å². The number of anilines is 1. The van der Waals surface area contributed by atoms with Gasteiger partial charge in [0.25, 0.3) is 0 Å². The van der Waals surface area contributed by atoms with Gasteiger partial charge in [0, 0.05) is 18.2 Å². The summed E-state index contributed by atoms with van der Waals surface area (Å²) in [5.74, 6) is 0.284. The van der Waals surface area contributed by atoms with Crippen molar-refractivity contribution in [2.45, 2.75) is 23.8 Å². The van der Waals surface area contributed by atoms with Crippen LogP contribution in [0.25, 0.3) is 22.3 Å². The minimum atomic E-state index is -3.72. The molecule has 1 aliphatic heterocycles. The molecule has 2 aromatic heterocycles. The van der Waals surface area contributed by atoms with E-state index < -0.39 is 10.0 Å². The number of nitrogens with two attached hydrogens (primary N) is 1. The number of hydrogen-bond donors (Lipinski definition) is 3. The van der Waals surface area contributed by atoms with Crippen LogP contribution in [0.2, 0.25) is 5.02 Å². The van der Waals surface area contributed by atoms with E-state index in [2.05, 4.69) is 15.2 Å². The molecule has 3 heterocycles. The third kappa shape index (κ3) is 3.06. The summed E-state index contributed by atoms with van der Waals surface area (Å²) in [7, 11) is -3.72. The SMILES string of the molecule is Nc1n[nH]c2ccc(-c3ccc(S(=O)(=O)N4CCCC4CO)cc3Cl)nc12. The largest absolute Gasteiger partial charge is 0.395 e. The highest BCUT2D eigenvalue weighted by Crippen LogP contribution is 2.33. The molecule has 0 aliphatic carbocycles. The molecule has 4 N–H and O–H groups in total. The normalized spacial score (nSPS) is 18.4. The average molecular weight is 408 g/mol. The molecule has 1 aromatic carbocycles. The van der Waals surface area contributed by atoms with Crippen LogP contribution in [0.3, 0.4) is 0 Å². The van der Waals surface area contributed by atoms with Crippen molar-refractivity contribution in [3.8, 4) is 11.3 Å². The molecule has 1 aliphatic rings. The maximum absolute atomic E-state index is 12.9. The highest BCUT2D eigenvalue weighted by Gasteiger charge is 2.35. The van der Waals surface area contributed by atoms with Gasteiger partial charge in [-0.3, -0.25) is 5.10 Å². The zero-order valence-corrected chi connectivity index (χ0v) is 15.8. The molecular weight excluding hydrogens is 390 g/mol. The molecule has 0 radical (unpaired) electrons. The number of sulfonamides is 1. The fourth-order valence-electron chi connectivity index (χ4n) is 3.38. The second-order valence-corrected chi connectivity index (χ2v) is 8.74. The van der Waals surface area contributed by atoms with Crippen LogP contribution >= 0.6 is 11.6 Å². The van der Waals surface area contributed by atoms with E-state index in [1.807, 2.05) is 0 Å². The lowest BCUT2D eigenvalue weighted by molar-refractivity contribution is 0.213. The molecule has 0 bridgehead atoms. The Kier molecular flexibility index (Phi) is 4.55. The number of aromatic amines is 1. The first kappa shape index (κ1) is 18.2. The molecule has 27 heavy (non-hydrogen) atoms. The maximum atomic E-state index is 12.9. The standard InChI is InChI=1S/C17H18ClN5O3S/c18-13-8-11(27(25,26)23-7-1-2-10(23)9-24)3-4-12(13)14-5-6-15-16(20-14)17(19)22-21-15/h3-6,8,10,24H,1-2,7,9H2,(H3,19,21,22). The number of nitrogens with one attached hydrogen (secondary N) is 1. The fraction of sp³-hybridized carbons (Fsp3) is 0.294. The van der Waals surface area contributed by atoms with Gasteiger partial charge in [0.05, 0.1) is 27.7 Å². The van der Waals surface area contributed by atoms with Gasteiger partial charge in [0.1, 0.15) is 5.52 Å².